The van der Waals surface area contributed by atoms with Crippen LogP contribution >= 0.6 is 0 Å². The summed E-state index contributed by atoms with van der Waals surface area (Å²) in [5.41, 5.74) is 1.71. The number of hydrogen-bond acceptors (Lipinski definition) is 4. The lowest BCUT2D eigenvalue weighted by molar-refractivity contribution is -0.116. The molecule has 0 spiro atoms. The normalized spacial score (nSPS) is 10.6. The van der Waals surface area contributed by atoms with E-state index < -0.39 is 0 Å². The summed E-state index contributed by atoms with van der Waals surface area (Å²) in [6.07, 6.45) is 5.41. The van der Waals surface area contributed by atoms with Crippen LogP contribution in [0.15, 0.2) is 24.7 Å². The van der Waals surface area contributed by atoms with Gasteiger partial charge >= 0.3 is 0 Å². The van der Waals surface area contributed by atoms with E-state index in [2.05, 4.69) is 15.5 Å². The Morgan fingerprint density at radius 3 is 3.00 bits per heavy atom. The van der Waals surface area contributed by atoms with Crippen molar-refractivity contribution in [2.24, 2.45) is 0 Å². The Bertz CT molecular complexity index is 546. The van der Waals surface area contributed by atoms with E-state index in [0.29, 0.717) is 25.4 Å². The van der Waals surface area contributed by atoms with Gasteiger partial charge in [0.2, 0.25) is 5.91 Å². The number of aromatic nitrogens is 4. The van der Waals surface area contributed by atoms with Gasteiger partial charge in [0.05, 0.1) is 18.1 Å². The van der Waals surface area contributed by atoms with E-state index in [-0.39, 0.29) is 5.91 Å². The van der Waals surface area contributed by atoms with Crippen LogP contribution in [0.5, 0.6) is 0 Å². The van der Waals surface area contributed by atoms with E-state index in [1.807, 2.05) is 13.0 Å². The minimum absolute atomic E-state index is 0.0631. The van der Waals surface area contributed by atoms with E-state index in [0.717, 1.165) is 5.69 Å². The highest BCUT2D eigenvalue weighted by atomic mass is 16.5. The lowest BCUT2D eigenvalue weighted by Gasteiger charge is -2.04. The number of methoxy groups -OCH3 is 1. The number of hydrogen-bond donors (Lipinski definition) is 1. The maximum absolute atomic E-state index is 11.8. The van der Waals surface area contributed by atoms with Crippen LogP contribution in [0.1, 0.15) is 12.1 Å². The first kappa shape index (κ1) is 13.3. The van der Waals surface area contributed by atoms with Crippen LogP contribution in [0.2, 0.25) is 0 Å². The summed E-state index contributed by atoms with van der Waals surface area (Å²) in [4.78, 5) is 11.8. The molecule has 0 aliphatic carbocycles. The number of ether oxygens (including phenoxy) is 1. The Hall–Kier alpha value is -2.15. The van der Waals surface area contributed by atoms with Crippen molar-refractivity contribution < 1.29 is 9.53 Å². The molecule has 7 heteroatoms. The van der Waals surface area contributed by atoms with Crippen LogP contribution in [-0.4, -0.2) is 32.6 Å². The Labute approximate surface area is 111 Å². The number of carbonyl (C=O) groups excluding carboxylic acids is 1. The molecule has 0 saturated heterocycles. The fourth-order valence-electron chi connectivity index (χ4n) is 1.69. The van der Waals surface area contributed by atoms with Crippen LogP contribution < -0.4 is 5.32 Å². The maximum Gasteiger partial charge on any atom is 0.226 e. The summed E-state index contributed by atoms with van der Waals surface area (Å²) < 4.78 is 8.34. The van der Waals surface area contributed by atoms with Crippen molar-refractivity contribution in [1.29, 1.82) is 0 Å². The fourth-order valence-corrected chi connectivity index (χ4v) is 1.69. The van der Waals surface area contributed by atoms with Crippen LogP contribution in [0, 0.1) is 6.92 Å². The summed E-state index contributed by atoms with van der Waals surface area (Å²) in [6.45, 7) is 2.89. The van der Waals surface area contributed by atoms with Crippen LogP contribution in [0.4, 0.5) is 5.69 Å². The Balaban J connectivity index is 1.82. The van der Waals surface area contributed by atoms with Crippen molar-refractivity contribution in [2.45, 2.75) is 26.6 Å². The van der Waals surface area contributed by atoms with Gasteiger partial charge in [-0.1, -0.05) is 0 Å². The first-order chi connectivity index (χ1) is 9.19. The lowest BCUT2D eigenvalue weighted by Crippen LogP contribution is -2.15. The predicted octanol–water partition coefficient (Wildman–Crippen LogP) is 1.02. The zero-order valence-corrected chi connectivity index (χ0v) is 11.0. The van der Waals surface area contributed by atoms with Gasteiger partial charge in [0, 0.05) is 32.0 Å². The fraction of sp³-hybridized carbons (Fsp3) is 0.417. The van der Waals surface area contributed by atoms with E-state index in [9.17, 15) is 4.79 Å². The number of aryl methyl sites for hydroxylation is 2. The number of amides is 1. The molecular weight excluding hydrogens is 246 g/mol. The second-order valence-corrected chi connectivity index (χ2v) is 4.18. The minimum Gasteiger partial charge on any atom is -0.362 e. The van der Waals surface area contributed by atoms with Gasteiger partial charge < -0.3 is 10.1 Å². The highest BCUT2D eigenvalue weighted by Gasteiger charge is 2.06. The first-order valence-electron chi connectivity index (χ1n) is 5.98. The molecule has 1 N–H and O–H groups in total. The Morgan fingerprint density at radius 1 is 1.47 bits per heavy atom. The van der Waals surface area contributed by atoms with Crippen molar-refractivity contribution in [1.82, 2.24) is 19.6 Å². The number of nitrogens with zero attached hydrogens (tertiary/aromatic N) is 4. The molecular formula is C12H17N5O2. The second kappa shape index (κ2) is 6.14. The molecule has 2 aromatic rings. The van der Waals surface area contributed by atoms with Gasteiger partial charge in [-0.15, -0.1) is 0 Å². The van der Waals surface area contributed by atoms with Crippen LogP contribution in [0.25, 0.3) is 0 Å². The number of carbonyl (C=O) groups is 1. The third-order valence-electron chi connectivity index (χ3n) is 2.66. The molecule has 2 heterocycles. The zero-order chi connectivity index (χ0) is 13.7. The van der Waals surface area contributed by atoms with Gasteiger partial charge in [-0.3, -0.25) is 9.48 Å². The van der Waals surface area contributed by atoms with Gasteiger partial charge in [0.1, 0.15) is 6.73 Å². The maximum atomic E-state index is 11.8. The summed E-state index contributed by atoms with van der Waals surface area (Å²) in [6, 6.07) is 1.91. The molecule has 0 saturated carbocycles. The lowest BCUT2D eigenvalue weighted by atomic mass is 10.3. The van der Waals surface area contributed by atoms with Gasteiger partial charge in [0.15, 0.2) is 0 Å². The molecule has 0 unspecified atom stereocenters. The molecule has 2 rings (SSSR count). The average Bonchev–Trinajstić information content (AvgIpc) is 2.97. The topological polar surface area (TPSA) is 74.0 Å². The van der Waals surface area contributed by atoms with E-state index >= 15 is 0 Å². The van der Waals surface area contributed by atoms with Crippen LogP contribution in [0.3, 0.4) is 0 Å². The summed E-state index contributed by atoms with van der Waals surface area (Å²) >= 11 is 0. The largest absolute Gasteiger partial charge is 0.362 e. The van der Waals surface area contributed by atoms with Gasteiger partial charge in [-0.05, 0) is 13.0 Å². The van der Waals surface area contributed by atoms with Gasteiger partial charge in [0.25, 0.3) is 0 Å². The molecule has 0 atom stereocenters. The standard InChI is InChI=1S/C12H17N5O2/c1-10-3-5-13-17(10)6-4-12(18)15-11-7-14-16(8-11)9-19-2/h3,5,7-8H,4,6,9H2,1-2H3,(H,15,18). The molecule has 0 radical (unpaired) electrons. The third-order valence-corrected chi connectivity index (χ3v) is 2.66. The van der Waals surface area contributed by atoms with E-state index in [4.69, 9.17) is 4.74 Å². The Morgan fingerprint density at radius 2 is 2.32 bits per heavy atom. The molecule has 102 valence electrons. The molecule has 0 fully saturated rings. The SMILES string of the molecule is COCn1cc(NC(=O)CCn2nccc2C)cn1. The van der Waals surface area contributed by atoms with Crippen molar-refractivity contribution in [3.05, 3.63) is 30.4 Å². The van der Waals surface area contributed by atoms with Gasteiger partial charge in [-0.25, -0.2) is 4.68 Å². The number of anilines is 1. The molecule has 2 aromatic heterocycles. The molecule has 0 aromatic carbocycles. The highest BCUT2D eigenvalue weighted by molar-refractivity contribution is 5.90. The van der Waals surface area contributed by atoms with Crippen LogP contribution in [-0.2, 0) is 22.8 Å². The van der Waals surface area contributed by atoms with E-state index in [1.165, 1.54) is 0 Å². The smallest absolute Gasteiger partial charge is 0.226 e. The summed E-state index contributed by atoms with van der Waals surface area (Å²) in [7, 11) is 1.59. The number of nitrogens with one attached hydrogen (secondary N) is 1. The first-order valence-corrected chi connectivity index (χ1v) is 5.98. The molecule has 19 heavy (non-hydrogen) atoms. The predicted molar refractivity (Wildman–Crippen MR) is 69.4 cm³/mol. The van der Waals surface area contributed by atoms with E-state index in [1.54, 1.807) is 35.1 Å². The Kier molecular flexibility index (Phi) is 4.30. The average molecular weight is 263 g/mol. The minimum atomic E-state index is -0.0631. The highest BCUT2D eigenvalue weighted by Crippen LogP contribution is 2.06. The van der Waals surface area contributed by atoms with Crippen molar-refractivity contribution in [2.75, 3.05) is 12.4 Å². The molecule has 0 aliphatic rings. The molecule has 7 nitrogen and oxygen atoms in total. The summed E-state index contributed by atoms with van der Waals surface area (Å²) in [5.74, 6) is -0.0631. The second-order valence-electron chi connectivity index (χ2n) is 4.18. The van der Waals surface area contributed by atoms with Crippen molar-refractivity contribution >= 4 is 11.6 Å². The number of rotatable bonds is 6. The quantitative estimate of drug-likeness (QED) is 0.844. The molecule has 0 aliphatic heterocycles. The monoisotopic (exact) mass is 263 g/mol. The molecule has 1 amide bonds. The molecule has 0 bridgehead atoms. The van der Waals surface area contributed by atoms with Crippen molar-refractivity contribution in [3.63, 3.8) is 0 Å². The summed E-state index contributed by atoms with van der Waals surface area (Å²) in [5, 5.41) is 11.0. The third kappa shape index (κ3) is 3.65. The van der Waals surface area contributed by atoms with Crippen molar-refractivity contribution in [3.8, 4) is 0 Å². The van der Waals surface area contributed by atoms with Gasteiger partial charge in [-0.2, -0.15) is 10.2 Å². The zero-order valence-electron chi connectivity index (χ0n) is 11.0.